The number of nitrogens with one attached hydrogen (secondary N) is 2. The van der Waals surface area contributed by atoms with Crippen molar-refractivity contribution in [2.45, 2.75) is 18.9 Å². The van der Waals surface area contributed by atoms with Gasteiger partial charge in [-0.05, 0) is 37.1 Å². The number of hydrogen-bond acceptors (Lipinski definition) is 4. The average Bonchev–Trinajstić information content (AvgIpc) is 3.11. The first-order chi connectivity index (χ1) is 12.2. The van der Waals surface area contributed by atoms with Crippen molar-refractivity contribution in [3.05, 3.63) is 53.9 Å². The molecule has 0 aliphatic carbocycles. The van der Waals surface area contributed by atoms with Gasteiger partial charge in [-0.15, -0.1) is 0 Å². The maximum absolute atomic E-state index is 6.94. The number of aliphatic imine (C=N–C) groups is 1. The molecule has 134 valence electrons. The van der Waals surface area contributed by atoms with E-state index in [1.165, 1.54) is 0 Å². The first-order valence-electron chi connectivity index (χ1n) is 7.85. The van der Waals surface area contributed by atoms with E-state index in [0.29, 0.717) is 18.1 Å². The predicted molar refractivity (Wildman–Crippen MR) is 101 cm³/mol. The van der Waals surface area contributed by atoms with Gasteiger partial charge in [0.1, 0.15) is 17.9 Å². The molecule has 0 saturated heterocycles. The molecule has 1 heterocycles. The normalized spacial score (nSPS) is 13.2. The van der Waals surface area contributed by atoms with E-state index in [1.54, 1.807) is 7.11 Å². The Balaban J connectivity index is 1.71. The molecule has 0 spiro atoms. The molecular formula is C17H23N4O3P. The third kappa shape index (κ3) is 6.66. The fourth-order valence-corrected chi connectivity index (χ4v) is 2.70. The molecule has 25 heavy (non-hydrogen) atoms. The number of aryl methyl sites for hydroxylation is 1. The molecule has 4 N–H and O–H groups in total. The number of nitrogens with two attached hydrogens (primary N) is 1. The highest BCUT2D eigenvalue weighted by Crippen LogP contribution is 2.21. The molecule has 2 aromatic rings. The van der Waals surface area contributed by atoms with E-state index in [9.17, 15) is 0 Å². The summed E-state index contributed by atoms with van der Waals surface area (Å²) < 4.78 is 16.5. The molecule has 0 aliphatic heterocycles. The second kappa shape index (κ2) is 10.6. The second-order valence-corrected chi connectivity index (χ2v) is 5.91. The predicted octanol–water partition coefficient (Wildman–Crippen LogP) is 2.88. The Morgan fingerprint density at radius 2 is 2.12 bits per heavy atom. The quantitative estimate of drug-likeness (QED) is 0.247. The van der Waals surface area contributed by atoms with Crippen LogP contribution in [0.25, 0.3) is 0 Å². The third-order valence-electron chi connectivity index (χ3n) is 3.53. The number of ether oxygens (including phenoxy) is 1. The van der Waals surface area contributed by atoms with Gasteiger partial charge in [0.2, 0.25) is 9.03 Å². The SMILES string of the molecule is COC(CCc1ccc(/C(N)=N\C=N)[nH]1)COPOc1ccccc1. The van der Waals surface area contributed by atoms with E-state index in [1.807, 2.05) is 42.5 Å². The Labute approximate surface area is 149 Å². The van der Waals surface area contributed by atoms with Gasteiger partial charge in [0, 0.05) is 12.8 Å². The van der Waals surface area contributed by atoms with Gasteiger partial charge in [-0.2, -0.15) is 0 Å². The van der Waals surface area contributed by atoms with Crippen molar-refractivity contribution in [2.24, 2.45) is 10.7 Å². The second-order valence-electron chi connectivity index (χ2n) is 5.25. The summed E-state index contributed by atoms with van der Waals surface area (Å²) in [7, 11) is 1.61. The largest absolute Gasteiger partial charge is 0.450 e. The van der Waals surface area contributed by atoms with Crippen LogP contribution in [0.5, 0.6) is 5.75 Å². The molecule has 0 aliphatic rings. The molecule has 7 nitrogen and oxygen atoms in total. The highest BCUT2D eigenvalue weighted by atomic mass is 31.1. The number of hydrogen-bond donors (Lipinski definition) is 3. The van der Waals surface area contributed by atoms with Crippen LogP contribution in [0, 0.1) is 5.41 Å². The topological polar surface area (TPSA) is 106 Å². The lowest BCUT2D eigenvalue weighted by molar-refractivity contribution is 0.0550. The lowest BCUT2D eigenvalue weighted by Crippen LogP contribution is -2.18. The molecule has 2 rings (SSSR count). The summed E-state index contributed by atoms with van der Waals surface area (Å²) in [5, 5.41) is 6.94. The zero-order valence-electron chi connectivity index (χ0n) is 14.1. The minimum absolute atomic E-state index is 0.0220. The molecule has 2 unspecified atom stereocenters. The van der Waals surface area contributed by atoms with Crippen molar-refractivity contribution >= 4 is 21.2 Å². The summed E-state index contributed by atoms with van der Waals surface area (Å²) in [5.74, 6) is 1.09. The lowest BCUT2D eigenvalue weighted by Gasteiger charge is -2.15. The average molecular weight is 362 g/mol. The molecule has 0 fully saturated rings. The number of rotatable bonds is 11. The fraction of sp³-hybridized carbons (Fsp3) is 0.294. The van der Waals surface area contributed by atoms with Gasteiger partial charge in [-0.3, -0.25) is 5.41 Å². The van der Waals surface area contributed by atoms with Gasteiger partial charge in [0.05, 0.1) is 18.4 Å². The smallest absolute Gasteiger partial charge is 0.215 e. The van der Waals surface area contributed by atoms with Crippen LogP contribution in [-0.2, 0) is 15.7 Å². The highest BCUT2D eigenvalue weighted by Gasteiger charge is 2.10. The number of amidine groups is 1. The van der Waals surface area contributed by atoms with Gasteiger partial charge in [0.25, 0.3) is 0 Å². The first-order valence-corrected chi connectivity index (χ1v) is 8.66. The zero-order chi connectivity index (χ0) is 17.9. The standard InChI is InChI=1S/C17H23N4O3P/c1-22-15(11-23-25-24-14-5-3-2-4-6-14)9-7-13-8-10-16(21-13)17(19)20-12-18/h2-6,8,10,12,15,21,25H,7,9,11H2,1H3,(H3,18,19,20). The van der Waals surface area contributed by atoms with E-state index >= 15 is 0 Å². The maximum Gasteiger partial charge on any atom is 0.215 e. The molecule has 0 saturated carbocycles. The lowest BCUT2D eigenvalue weighted by atomic mass is 10.1. The highest BCUT2D eigenvalue weighted by molar-refractivity contribution is 7.26. The van der Waals surface area contributed by atoms with Crippen LogP contribution in [0.3, 0.4) is 0 Å². The molecular weight excluding hydrogens is 339 g/mol. The van der Waals surface area contributed by atoms with Crippen molar-refractivity contribution in [3.63, 3.8) is 0 Å². The van der Waals surface area contributed by atoms with Crippen LogP contribution in [0.1, 0.15) is 17.8 Å². The number of benzene rings is 1. The molecule has 1 aromatic carbocycles. The number of nitrogens with zero attached hydrogens (tertiary/aromatic N) is 1. The van der Waals surface area contributed by atoms with Gasteiger partial charge in [-0.25, -0.2) is 4.99 Å². The molecule has 1 aromatic heterocycles. The minimum atomic E-state index is -0.0644. The summed E-state index contributed by atoms with van der Waals surface area (Å²) in [5.41, 5.74) is 7.48. The van der Waals surface area contributed by atoms with E-state index in [4.69, 9.17) is 24.9 Å². The maximum atomic E-state index is 6.94. The summed E-state index contributed by atoms with van der Waals surface area (Å²) in [4.78, 5) is 6.93. The first kappa shape index (κ1) is 19.1. The summed E-state index contributed by atoms with van der Waals surface area (Å²) >= 11 is 0. The number of H-pyrrole nitrogens is 1. The number of methoxy groups -OCH3 is 1. The molecule has 2 atom stereocenters. The van der Waals surface area contributed by atoms with Gasteiger partial charge >= 0.3 is 0 Å². The van der Waals surface area contributed by atoms with Crippen molar-refractivity contribution in [3.8, 4) is 5.75 Å². The number of aromatic amines is 1. The summed E-state index contributed by atoms with van der Waals surface area (Å²) in [6, 6.07) is 13.4. The number of aromatic nitrogens is 1. The van der Waals surface area contributed by atoms with Crippen LogP contribution in [-0.4, -0.2) is 37.0 Å². The van der Waals surface area contributed by atoms with E-state index in [-0.39, 0.29) is 15.1 Å². The Kier molecular flexibility index (Phi) is 8.12. The van der Waals surface area contributed by atoms with Crippen LogP contribution >= 0.6 is 9.03 Å². The van der Waals surface area contributed by atoms with Gasteiger partial charge in [0.15, 0.2) is 0 Å². The summed E-state index contributed by atoms with van der Waals surface area (Å²) in [6.45, 7) is 0.465. The zero-order valence-corrected chi connectivity index (χ0v) is 15.1. The van der Waals surface area contributed by atoms with Crippen LogP contribution in [0.15, 0.2) is 47.5 Å². The monoisotopic (exact) mass is 362 g/mol. The number of para-hydroxylation sites is 1. The molecule has 0 amide bonds. The Morgan fingerprint density at radius 3 is 2.84 bits per heavy atom. The Bertz CT molecular complexity index is 676. The molecule has 0 radical (unpaired) electrons. The molecule has 0 bridgehead atoms. The van der Waals surface area contributed by atoms with Crippen LogP contribution in [0.2, 0.25) is 0 Å². The fourth-order valence-electron chi connectivity index (χ4n) is 2.15. The van der Waals surface area contributed by atoms with Crippen molar-refractivity contribution < 1.29 is 13.8 Å². The van der Waals surface area contributed by atoms with Crippen molar-refractivity contribution in [1.29, 1.82) is 5.41 Å². The minimum Gasteiger partial charge on any atom is -0.450 e. The van der Waals surface area contributed by atoms with Crippen molar-refractivity contribution in [1.82, 2.24) is 4.98 Å². The Hall–Kier alpha value is -2.21. The van der Waals surface area contributed by atoms with E-state index in [0.717, 1.165) is 30.6 Å². The Morgan fingerprint density at radius 1 is 1.32 bits per heavy atom. The van der Waals surface area contributed by atoms with Gasteiger partial charge < -0.3 is 24.5 Å². The van der Waals surface area contributed by atoms with Crippen LogP contribution < -0.4 is 10.3 Å². The van der Waals surface area contributed by atoms with Crippen LogP contribution in [0.4, 0.5) is 0 Å². The van der Waals surface area contributed by atoms with E-state index in [2.05, 4.69) is 9.98 Å². The summed E-state index contributed by atoms with van der Waals surface area (Å²) in [6.07, 6.45) is 2.49. The van der Waals surface area contributed by atoms with Crippen molar-refractivity contribution in [2.75, 3.05) is 13.7 Å². The van der Waals surface area contributed by atoms with Gasteiger partial charge in [-0.1, -0.05) is 18.2 Å². The van der Waals surface area contributed by atoms with E-state index < -0.39 is 0 Å². The third-order valence-corrected chi connectivity index (χ3v) is 4.13. The molecule has 8 heteroatoms.